The first-order valence-corrected chi connectivity index (χ1v) is 8.88. The lowest BCUT2D eigenvalue weighted by molar-refractivity contribution is -0.131. The Morgan fingerprint density at radius 3 is 2.58 bits per heavy atom. The number of carbonyl (C=O) groups is 2. The molecule has 0 aromatic carbocycles. The van der Waals surface area contributed by atoms with Gasteiger partial charge in [0.25, 0.3) is 5.91 Å². The summed E-state index contributed by atoms with van der Waals surface area (Å²) in [6.45, 7) is 3.15. The van der Waals surface area contributed by atoms with E-state index in [1.54, 1.807) is 12.7 Å². The number of aromatic nitrogens is 3. The summed E-state index contributed by atoms with van der Waals surface area (Å²) in [5.41, 5.74) is -0.586. The Balaban J connectivity index is 1.28. The Hall–Kier alpha value is -1.96. The maximum atomic E-state index is 12.6. The molecule has 3 amide bonds. The van der Waals surface area contributed by atoms with Crippen LogP contribution in [-0.2, 0) is 4.79 Å². The first-order valence-electron chi connectivity index (χ1n) is 8.88. The molecule has 8 heteroatoms. The van der Waals surface area contributed by atoms with Gasteiger partial charge in [0.1, 0.15) is 18.2 Å². The van der Waals surface area contributed by atoms with Gasteiger partial charge >= 0.3 is 6.03 Å². The van der Waals surface area contributed by atoms with Gasteiger partial charge in [-0.05, 0) is 25.7 Å². The van der Waals surface area contributed by atoms with Crippen LogP contribution in [0, 0.1) is 0 Å². The molecule has 1 spiro atoms. The zero-order valence-electron chi connectivity index (χ0n) is 13.9. The highest BCUT2D eigenvalue weighted by atomic mass is 16.2. The molecule has 3 heterocycles. The standard InChI is InChI=1S/C16H24N6O2/c23-14-16(5-1-2-6-16)19-15(24)21(14)10-9-20-7-3-13(4-8-20)22-12-17-11-18-22/h11-13H,1-10H2,(H,19,24). The van der Waals surface area contributed by atoms with E-state index in [0.717, 1.165) is 58.2 Å². The predicted molar refractivity (Wildman–Crippen MR) is 86.2 cm³/mol. The molecule has 1 aromatic heterocycles. The highest BCUT2D eigenvalue weighted by Crippen LogP contribution is 2.35. The third-order valence-corrected chi connectivity index (χ3v) is 5.71. The van der Waals surface area contributed by atoms with Crippen LogP contribution in [-0.4, -0.2) is 68.2 Å². The number of hydrogen-bond donors (Lipinski definition) is 1. The van der Waals surface area contributed by atoms with E-state index in [-0.39, 0.29) is 11.9 Å². The Labute approximate surface area is 141 Å². The van der Waals surface area contributed by atoms with Gasteiger partial charge in [0.15, 0.2) is 0 Å². The molecule has 1 N–H and O–H groups in total. The van der Waals surface area contributed by atoms with Crippen LogP contribution >= 0.6 is 0 Å². The lowest BCUT2D eigenvalue weighted by Crippen LogP contribution is -2.45. The van der Waals surface area contributed by atoms with E-state index in [2.05, 4.69) is 20.3 Å². The predicted octanol–water partition coefficient (Wildman–Crippen LogP) is 0.780. The fourth-order valence-corrected chi connectivity index (χ4v) is 4.25. The van der Waals surface area contributed by atoms with E-state index in [0.29, 0.717) is 12.6 Å². The molecule has 2 aliphatic heterocycles. The largest absolute Gasteiger partial charge is 0.325 e. The Morgan fingerprint density at radius 1 is 1.17 bits per heavy atom. The van der Waals surface area contributed by atoms with Gasteiger partial charge in [-0.2, -0.15) is 5.10 Å². The average molecular weight is 332 g/mol. The number of piperidine rings is 1. The number of nitrogens with one attached hydrogen (secondary N) is 1. The minimum atomic E-state index is -0.586. The number of urea groups is 1. The Morgan fingerprint density at radius 2 is 1.92 bits per heavy atom. The van der Waals surface area contributed by atoms with Crippen LogP contribution in [0.5, 0.6) is 0 Å². The summed E-state index contributed by atoms with van der Waals surface area (Å²) in [5, 5.41) is 7.16. The minimum absolute atomic E-state index is 0.0116. The number of rotatable bonds is 4. The summed E-state index contributed by atoms with van der Waals surface area (Å²) in [5.74, 6) is -0.0116. The van der Waals surface area contributed by atoms with Crippen molar-refractivity contribution in [3.05, 3.63) is 12.7 Å². The number of nitrogens with zero attached hydrogens (tertiary/aromatic N) is 5. The van der Waals surface area contributed by atoms with Crippen LogP contribution in [0.2, 0.25) is 0 Å². The van der Waals surface area contributed by atoms with Crippen molar-refractivity contribution in [2.75, 3.05) is 26.2 Å². The van der Waals surface area contributed by atoms with Gasteiger partial charge in [-0.1, -0.05) is 12.8 Å². The molecule has 2 saturated heterocycles. The minimum Gasteiger partial charge on any atom is -0.323 e. The number of likely N-dealkylation sites (tertiary alicyclic amines) is 1. The zero-order valence-corrected chi connectivity index (χ0v) is 13.9. The van der Waals surface area contributed by atoms with Crippen molar-refractivity contribution in [1.29, 1.82) is 0 Å². The SMILES string of the molecule is O=C1NC2(CCCC2)C(=O)N1CCN1CCC(n2cncn2)CC1. The second-order valence-corrected chi connectivity index (χ2v) is 7.12. The molecule has 1 aromatic rings. The molecule has 0 radical (unpaired) electrons. The van der Waals surface area contributed by atoms with Crippen molar-refractivity contribution in [2.45, 2.75) is 50.1 Å². The Kier molecular flexibility index (Phi) is 3.99. The van der Waals surface area contributed by atoms with Crippen molar-refractivity contribution < 1.29 is 9.59 Å². The van der Waals surface area contributed by atoms with E-state index in [4.69, 9.17) is 0 Å². The third-order valence-electron chi connectivity index (χ3n) is 5.71. The number of imide groups is 1. The maximum Gasteiger partial charge on any atom is 0.325 e. The van der Waals surface area contributed by atoms with Gasteiger partial charge in [0.05, 0.1) is 6.04 Å². The van der Waals surface area contributed by atoms with Crippen molar-refractivity contribution in [3.8, 4) is 0 Å². The summed E-state index contributed by atoms with van der Waals surface area (Å²) in [6, 6.07) is 0.196. The molecule has 1 saturated carbocycles. The molecule has 130 valence electrons. The van der Waals surface area contributed by atoms with Crippen molar-refractivity contribution >= 4 is 11.9 Å². The van der Waals surface area contributed by atoms with E-state index in [1.165, 1.54) is 4.90 Å². The van der Waals surface area contributed by atoms with Gasteiger partial charge < -0.3 is 10.2 Å². The highest BCUT2D eigenvalue weighted by molar-refractivity contribution is 6.07. The molecule has 0 atom stereocenters. The summed E-state index contributed by atoms with van der Waals surface area (Å²) < 4.78 is 1.93. The van der Waals surface area contributed by atoms with Crippen LogP contribution in [0.4, 0.5) is 4.79 Å². The molecule has 3 aliphatic rings. The molecule has 3 fully saturated rings. The van der Waals surface area contributed by atoms with Crippen LogP contribution in [0.3, 0.4) is 0 Å². The van der Waals surface area contributed by atoms with Crippen LogP contribution in [0.15, 0.2) is 12.7 Å². The van der Waals surface area contributed by atoms with E-state index in [9.17, 15) is 9.59 Å². The van der Waals surface area contributed by atoms with Gasteiger partial charge in [-0.25, -0.2) is 14.5 Å². The zero-order chi connectivity index (χ0) is 16.6. The topological polar surface area (TPSA) is 83.4 Å². The molecular weight excluding hydrogens is 308 g/mol. The van der Waals surface area contributed by atoms with Gasteiger partial charge in [0, 0.05) is 26.2 Å². The summed E-state index contributed by atoms with van der Waals surface area (Å²) in [7, 11) is 0. The van der Waals surface area contributed by atoms with Crippen LogP contribution in [0.25, 0.3) is 0 Å². The monoisotopic (exact) mass is 332 g/mol. The molecule has 1 aliphatic carbocycles. The fourth-order valence-electron chi connectivity index (χ4n) is 4.25. The normalized spacial score (nSPS) is 24.9. The number of carbonyl (C=O) groups excluding carboxylic acids is 2. The highest BCUT2D eigenvalue weighted by Gasteiger charge is 2.52. The van der Waals surface area contributed by atoms with Crippen LogP contribution in [0.1, 0.15) is 44.6 Å². The lowest BCUT2D eigenvalue weighted by Gasteiger charge is -2.32. The molecular formula is C16H24N6O2. The quantitative estimate of drug-likeness (QED) is 0.824. The molecule has 8 nitrogen and oxygen atoms in total. The number of amides is 3. The van der Waals surface area contributed by atoms with Crippen LogP contribution < -0.4 is 5.32 Å². The second-order valence-electron chi connectivity index (χ2n) is 7.12. The van der Waals surface area contributed by atoms with Gasteiger partial charge in [-0.15, -0.1) is 0 Å². The van der Waals surface area contributed by atoms with Gasteiger partial charge in [-0.3, -0.25) is 9.69 Å². The average Bonchev–Trinajstić information content (AvgIpc) is 3.31. The summed E-state index contributed by atoms with van der Waals surface area (Å²) in [4.78, 5) is 32.6. The lowest BCUT2D eigenvalue weighted by atomic mass is 9.98. The first kappa shape index (κ1) is 15.6. The maximum absolute atomic E-state index is 12.6. The third kappa shape index (κ3) is 2.68. The summed E-state index contributed by atoms with van der Waals surface area (Å²) >= 11 is 0. The van der Waals surface area contributed by atoms with E-state index in [1.807, 2.05) is 4.68 Å². The Bertz CT molecular complexity index is 602. The molecule has 0 bridgehead atoms. The fraction of sp³-hybridized carbons (Fsp3) is 0.750. The summed E-state index contributed by atoms with van der Waals surface area (Å²) in [6.07, 6.45) is 9.01. The van der Waals surface area contributed by atoms with E-state index >= 15 is 0 Å². The number of hydrogen-bond acceptors (Lipinski definition) is 5. The smallest absolute Gasteiger partial charge is 0.323 e. The van der Waals surface area contributed by atoms with Crippen molar-refractivity contribution in [3.63, 3.8) is 0 Å². The van der Waals surface area contributed by atoms with E-state index < -0.39 is 5.54 Å². The first-order chi connectivity index (χ1) is 11.7. The second kappa shape index (κ2) is 6.16. The molecule has 24 heavy (non-hydrogen) atoms. The molecule has 0 unspecified atom stereocenters. The van der Waals surface area contributed by atoms with Gasteiger partial charge in [0.2, 0.25) is 0 Å². The van der Waals surface area contributed by atoms with Crippen molar-refractivity contribution in [2.24, 2.45) is 0 Å². The molecule has 4 rings (SSSR count). The van der Waals surface area contributed by atoms with Crippen molar-refractivity contribution in [1.82, 2.24) is 29.9 Å².